The van der Waals surface area contributed by atoms with E-state index in [1.807, 2.05) is 0 Å². The zero-order valence-corrected chi connectivity index (χ0v) is 13.9. The molecule has 2 amide bonds. The van der Waals surface area contributed by atoms with E-state index in [-0.39, 0.29) is 24.1 Å². The summed E-state index contributed by atoms with van der Waals surface area (Å²) in [6.07, 6.45) is -4.17. The van der Waals surface area contributed by atoms with E-state index < -0.39 is 11.9 Å². The van der Waals surface area contributed by atoms with Crippen LogP contribution in [-0.4, -0.2) is 28.6 Å². The fourth-order valence-electron chi connectivity index (χ4n) is 2.59. The largest absolute Gasteiger partial charge is 0.397 e. The van der Waals surface area contributed by atoms with Crippen LogP contribution in [0.15, 0.2) is 48.5 Å². The van der Waals surface area contributed by atoms with Crippen LogP contribution in [0.3, 0.4) is 0 Å². The van der Waals surface area contributed by atoms with Crippen LogP contribution in [0, 0.1) is 0 Å². The summed E-state index contributed by atoms with van der Waals surface area (Å²) in [5.74, 6) is -1.29. The van der Waals surface area contributed by atoms with Gasteiger partial charge in [0.05, 0.1) is 23.4 Å². The van der Waals surface area contributed by atoms with E-state index in [2.05, 4.69) is 0 Å². The summed E-state index contributed by atoms with van der Waals surface area (Å²) < 4.78 is 36.4. The zero-order chi connectivity index (χ0) is 18.0. The third kappa shape index (κ3) is 4.04. The normalized spacial score (nSPS) is 14.1. The number of hydrogen-bond donors (Lipinski definition) is 0. The Kier molecular flexibility index (Phi) is 4.85. The molecule has 0 fully saturated rings. The van der Waals surface area contributed by atoms with Crippen molar-refractivity contribution in [3.8, 4) is 0 Å². The van der Waals surface area contributed by atoms with E-state index in [0.717, 1.165) is 22.9 Å². The van der Waals surface area contributed by atoms with Gasteiger partial charge in [-0.1, -0.05) is 36.4 Å². The number of alkyl halides is 3. The molecule has 1 aliphatic rings. The summed E-state index contributed by atoms with van der Waals surface area (Å²) >= 11 is 0.801. The molecule has 2 aromatic rings. The van der Waals surface area contributed by atoms with Gasteiger partial charge in [0.15, 0.2) is 0 Å². The Morgan fingerprint density at radius 2 is 1.36 bits per heavy atom. The van der Waals surface area contributed by atoms with Crippen LogP contribution in [0.2, 0.25) is 0 Å². The Bertz CT molecular complexity index is 768. The van der Waals surface area contributed by atoms with Gasteiger partial charge in [-0.15, -0.1) is 11.8 Å². The second kappa shape index (κ2) is 6.92. The lowest BCUT2D eigenvalue weighted by Crippen LogP contribution is -2.29. The van der Waals surface area contributed by atoms with Crippen molar-refractivity contribution in [2.24, 2.45) is 0 Å². The monoisotopic (exact) mass is 365 g/mol. The molecule has 0 N–H and O–H groups in total. The smallest absolute Gasteiger partial charge is 0.270 e. The first-order valence-electron chi connectivity index (χ1n) is 7.53. The van der Waals surface area contributed by atoms with E-state index in [9.17, 15) is 22.8 Å². The highest BCUT2D eigenvalue weighted by molar-refractivity contribution is 7.98. The van der Waals surface area contributed by atoms with Crippen LogP contribution in [0.25, 0.3) is 0 Å². The first-order valence-corrected chi connectivity index (χ1v) is 8.68. The molecule has 2 aromatic carbocycles. The predicted octanol–water partition coefficient (Wildman–Crippen LogP) is 4.28. The van der Waals surface area contributed by atoms with Gasteiger partial charge in [-0.2, -0.15) is 13.2 Å². The van der Waals surface area contributed by atoms with Crippen LogP contribution >= 0.6 is 11.8 Å². The summed E-state index contributed by atoms with van der Waals surface area (Å²) in [6, 6.07) is 13.6. The second-order valence-corrected chi connectivity index (χ2v) is 6.65. The summed E-state index contributed by atoms with van der Waals surface area (Å²) in [6.45, 7) is 0.141. The minimum atomic E-state index is -4.17. The van der Waals surface area contributed by atoms with E-state index in [0.29, 0.717) is 11.1 Å². The molecule has 0 spiro atoms. The number of carbonyl (C=O) groups excluding carboxylic acids is 2. The molecule has 1 heterocycles. The fourth-order valence-corrected chi connectivity index (χ4v) is 3.35. The van der Waals surface area contributed by atoms with Crippen molar-refractivity contribution >= 4 is 23.6 Å². The maximum absolute atomic E-state index is 12.3. The molecule has 0 saturated carbocycles. The van der Waals surface area contributed by atoms with Gasteiger partial charge < -0.3 is 0 Å². The van der Waals surface area contributed by atoms with Gasteiger partial charge in [0.25, 0.3) is 11.8 Å². The topological polar surface area (TPSA) is 37.4 Å². The van der Waals surface area contributed by atoms with Crippen molar-refractivity contribution in [2.75, 3.05) is 5.75 Å². The summed E-state index contributed by atoms with van der Waals surface area (Å²) in [5.41, 5.74) is 2.31. The molecule has 0 atom stereocenters. The summed E-state index contributed by atoms with van der Waals surface area (Å²) in [5, 5.41) is 0. The van der Waals surface area contributed by atoms with Crippen molar-refractivity contribution in [2.45, 2.75) is 18.5 Å². The molecule has 3 rings (SSSR count). The number of halogens is 3. The lowest BCUT2D eigenvalue weighted by atomic mass is 10.1. The van der Waals surface area contributed by atoms with Crippen molar-refractivity contribution in [1.82, 2.24) is 4.90 Å². The minimum Gasteiger partial charge on any atom is -0.270 e. The Labute approximate surface area is 146 Å². The number of hydrogen-bond acceptors (Lipinski definition) is 3. The lowest BCUT2D eigenvalue weighted by molar-refractivity contribution is -0.105. The van der Waals surface area contributed by atoms with Gasteiger partial charge in [-0.25, -0.2) is 0 Å². The third-order valence-corrected chi connectivity index (χ3v) is 4.85. The molecule has 0 aliphatic carbocycles. The number of nitrogens with zero attached hydrogens (tertiary/aromatic N) is 1. The number of carbonyl (C=O) groups is 2. The van der Waals surface area contributed by atoms with Gasteiger partial charge in [-0.3, -0.25) is 14.5 Å². The number of imide groups is 1. The quantitative estimate of drug-likeness (QED) is 0.743. The van der Waals surface area contributed by atoms with Crippen LogP contribution in [0.5, 0.6) is 0 Å². The molecule has 7 heteroatoms. The number of rotatable bonds is 5. The van der Waals surface area contributed by atoms with Gasteiger partial charge in [0.2, 0.25) is 0 Å². The molecular formula is C18H14F3NO2S. The van der Waals surface area contributed by atoms with E-state index in [1.54, 1.807) is 48.5 Å². The zero-order valence-electron chi connectivity index (χ0n) is 13.0. The second-order valence-electron chi connectivity index (χ2n) is 5.67. The van der Waals surface area contributed by atoms with Crippen molar-refractivity contribution in [3.05, 3.63) is 70.8 Å². The highest BCUT2D eigenvalue weighted by atomic mass is 32.2. The average molecular weight is 365 g/mol. The molecule has 130 valence electrons. The van der Waals surface area contributed by atoms with Crippen molar-refractivity contribution in [1.29, 1.82) is 0 Å². The summed E-state index contributed by atoms with van der Waals surface area (Å²) in [7, 11) is 0. The van der Waals surface area contributed by atoms with Crippen LogP contribution < -0.4 is 0 Å². The number of amides is 2. The Morgan fingerprint density at radius 3 is 1.88 bits per heavy atom. The van der Waals surface area contributed by atoms with Gasteiger partial charge in [0, 0.05) is 5.75 Å². The van der Waals surface area contributed by atoms with E-state index in [4.69, 9.17) is 0 Å². The number of fused-ring (bicyclic) bond motifs is 1. The third-order valence-electron chi connectivity index (χ3n) is 3.78. The highest BCUT2D eigenvalue weighted by Gasteiger charge is 2.34. The maximum Gasteiger partial charge on any atom is 0.397 e. The van der Waals surface area contributed by atoms with Crippen molar-refractivity contribution in [3.63, 3.8) is 0 Å². The van der Waals surface area contributed by atoms with Crippen LogP contribution in [0.1, 0.15) is 31.8 Å². The van der Waals surface area contributed by atoms with Crippen LogP contribution in [0.4, 0.5) is 13.2 Å². The molecule has 0 bridgehead atoms. The van der Waals surface area contributed by atoms with E-state index in [1.165, 1.54) is 4.90 Å². The predicted molar refractivity (Wildman–Crippen MR) is 89.3 cm³/mol. The maximum atomic E-state index is 12.3. The molecule has 0 aromatic heterocycles. The molecule has 0 radical (unpaired) electrons. The fraction of sp³-hybridized carbons (Fsp3) is 0.222. The molecule has 0 unspecified atom stereocenters. The summed E-state index contributed by atoms with van der Waals surface area (Å²) in [4.78, 5) is 25.8. The molecule has 0 saturated heterocycles. The van der Waals surface area contributed by atoms with Gasteiger partial charge in [0.1, 0.15) is 0 Å². The SMILES string of the molecule is O=C1c2ccccc2C(=O)N1Cc1ccc(CSCC(F)(F)F)cc1. The number of thioether (sulfide) groups is 1. The first kappa shape index (κ1) is 17.5. The van der Waals surface area contributed by atoms with Crippen molar-refractivity contribution < 1.29 is 22.8 Å². The van der Waals surface area contributed by atoms with E-state index >= 15 is 0 Å². The Balaban J connectivity index is 1.63. The van der Waals surface area contributed by atoms with Gasteiger partial charge >= 0.3 is 6.18 Å². The average Bonchev–Trinajstić information content (AvgIpc) is 2.81. The molecule has 1 aliphatic heterocycles. The first-order chi connectivity index (χ1) is 11.8. The number of benzene rings is 2. The molecular weight excluding hydrogens is 351 g/mol. The molecule has 3 nitrogen and oxygen atoms in total. The lowest BCUT2D eigenvalue weighted by Gasteiger charge is -2.14. The van der Waals surface area contributed by atoms with Gasteiger partial charge in [-0.05, 0) is 23.3 Å². The minimum absolute atomic E-state index is 0.141. The molecule has 25 heavy (non-hydrogen) atoms. The Hall–Kier alpha value is -2.28. The highest BCUT2D eigenvalue weighted by Crippen LogP contribution is 2.26. The standard InChI is InChI=1S/C18H14F3NO2S/c19-18(20,21)11-25-10-13-7-5-12(6-8-13)9-22-16(23)14-3-1-2-4-15(14)17(22)24/h1-8H,9-11H2. The van der Waals surface area contributed by atoms with Crippen LogP contribution in [-0.2, 0) is 12.3 Å². The Morgan fingerprint density at radius 1 is 0.840 bits per heavy atom.